The fourth-order valence-corrected chi connectivity index (χ4v) is 4.31. The molecule has 0 aliphatic rings. The van der Waals surface area contributed by atoms with Gasteiger partial charge in [-0.05, 0) is 42.0 Å². The van der Waals surface area contributed by atoms with Gasteiger partial charge >= 0.3 is 0 Å². The molecule has 6 rings (SSSR count). The van der Waals surface area contributed by atoms with Crippen LogP contribution in [0.5, 0.6) is 0 Å². The van der Waals surface area contributed by atoms with Crippen molar-refractivity contribution in [2.24, 2.45) is 5.41 Å². The number of imidazole rings is 1. The van der Waals surface area contributed by atoms with Gasteiger partial charge in [-0.15, -0.1) is 0 Å². The van der Waals surface area contributed by atoms with Gasteiger partial charge in [-0.2, -0.15) is 5.10 Å². The molecule has 10 heteroatoms. The van der Waals surface area contributed by atoms with E-state index in [4.69, 9.17) is 4.98 Å². The van der Waals surface area contributed by atoms with Crippen molar-refractivity contribution in [1.29, 1.82) is 0 Å². The first kappa shape index (κ1) is 24.4. The highest BCUT2D eigenvalue weighted by atomic mass is 19.1. The van der Waals surface area contributed by atoms with Crippen LogP contribution in [-0.2, 0) is 4.79 Å². The summed E-state index contributed by atoms with van der Waals surface area (Å²) in [6.07, 6.45) is 4.76. The third-order valence-electron chi connectivity index (χ3n) is 6.36. The van der Waals surface area contributed by atoms with Crippen molar-refractivity contribution in [1.82, 2.24) is 30.1 Å². The number of aromatic nitrogens is 6. The Bertz CT molecular complexity index is 1880. The molecule has 0 aliphatic carbocycles. The zero-order valence-corrected chi connectivity index (χ0v) is 21.3. The second-order valence-corrected chi connectivity index (χ2v) is 10.3. The summed E-state index contributed by atoms with van der Waals surface area (Å²) in [5, 5.41) is 10.4. The Kier molecular flexibility index (Phi) is 5.67. The summed E-state index contributed by atoms with van der Waals surface area (Å²) in [5.74, 6) is -0.621. The lowest BCUT2D eigenvalue weighted by atomic mass is 9.95. The maximum atomic E-state index is 15.2. The molecule has 39 heavy (non-hydrogen) atoms. The number of benzene rings is 2. The molecule has 0 unspecified atom stereocenters. The van der Waals surface area contributed by atoms with Crippen molar-refractivity contribution in [3.05, 3.63) is 78.8 Å². The highest BCUT2D eigenvalue weighted by molar-refractivity contribution is 5.98. The minimum absolute atomic E-state index is 0.155. The summed E-state index contributed by atoms with van der Waals surface area (Å²) in [6.45, 7) is 5.45. The maximum Gasteiger partial charge on any atom is 0.229 e. The second-order valence-electron chi connectivity index (χ2n) is 10.3. The summed E-state index contributed by atoms with van der Waals surface area (Å²) in [4.78, 5) is 29.0. The Hall–Kier alpha value is -4.99. The van der Waals surface area contributed by atoms with Crippen LogP contribution in [0.15, 0.2) is 67.1 Å². The summed E-state index contributed by atoms with van der Waals surface area (Å²) >= 11 is 0. The lowest BCUT2D eigenvalue weighted by Crippen LogP contribution is -2.27. The lowest BCUT2D eigenvalue weighted by molar-refractivity contribution is -0.123. The number of rotatable bonds is 4. The Morgan fingerprint density at radius 2 is 1.79 bits per heavy atom. The molecule has 0 radical (unpaired) electrons. The van der Waals surface area contributed by atoms with Crippen molar-refractivity contribution in [2.45, 2.75) is 20.8 Å². The normalized spacial score (nSPS) is 11.8. The highest BCUT2D eigenvalue weighted by Crippen LogP contribution is 2.34. The lowest BCUT2D eigenvalue weighted by Gasteiger charge is -2.17. The van der Waals surface area contributed by atoms with Gasteiger partial charge in [0.25, 0.3) is 0 Å². The van der Waals surface area contributed by atoms with Gasteiger partial charge in [-0.25, -0.2) is 13.8 Å². The SMILES string of the molecule is CC(C)(C)C(=O)Nc1cncc(-c2cc(F)c3n[nH]c(-c4nc5c(-c6cccc(F)c6)nccc5[nH]4)c3c2)c1. The number of nitrogens with one attached hydrogen (secondary N) is 3. The van der Waals surface area contributed by atoms with Crippen LogP contribution in [0.1, 0.15) is 20.8 Å². The molecule has 194 valence electrons. The molecule has 6 aromatic rings. The first-order valence-electron chi connectivity index (χ1n) is 12.2. The number of H-pyrrole nitrogens is 2. The van der Waals surface area contributed by atoms with Crippen LogP contribution in [0.3, 0.4) is 0 Å². The van der Waals surface area contributed by atoms with E-state index in [-0.39, 0.29) is 17.2 Å². The molecule has 0 saturated heterocycles. The quantitative estimate of drug-likeness (QED) is 0.244. The average Bonchev–Trinajstić information content (AvgIpc) is 3.52. The van der Waals surface area contributed by atoms with Gasteiger partial charge in [0.15, 0.2) is 11.6 Å². The van der Waals surface area contributed by atoms with Gasteiger partial charge in [-0.3, -0.25) is 19.9 Å². The second kappa shape index (κ2) is 9.09. The van der Waals surface area contributed by atoms with E-state index in [1.807, 2.05) is 20.8 Å². The first-order chi connectivity index (χ1) is 18.7. The monoisotopic (exact) mass is 523 g/mol. The number of amides is 1. The molecule has 4 aromatic heterocycles. The molecule has 0 atom stereocenters. The number of halogens is 2. The first-order valence-corrected chi connectivity index (χ1v) is 12.2. The van der Waals surface area contributed by atoms with Gasteiger partial charge in [0.1, 0.15) is 22.5 Å². The van der Waals surface area contributed by atoms with Crippen molar-refractivity contribution < 1.29 is 13.6 Å². The Balaban J connectivity index is 1.43. The van der Waals surface area contributed by atoms with E-state index in [9.17, 15) is 9.18 Å². The van der Waals surface area contributed by atoms with E-state index in [1.54, 1.807) is 48.9 Å². The summed E-state index contributed by atoms with van der Waals surface area (Å²) in [5.41, 5.74) is 4.09. The number of carbonyl (C=O) groups excluding carboxylic acids is 1. The van der Waals surface area contributed by atoms with Gasteiger partial charge in [-0.1, -0.05) is 32.9 Å². The molecule has 8 nitrogen and oxygen atoms in total. The molecule has 4 heterocycles. The Morgan fingerprint density at radius 1 is 0.949 bits per heavy atom. The van der Waals surface area contributed by atoms with E-state index in [1.165, 1.54) is 18.2 Å². The number of anilines is 1. The average molecular weight is 524 g/mol. The Labute approximate surface area is 221 Å². The topological polar surface area (TPSA) is 112 Å². The molecule has 0 fully saturated rings. The number of nitrogens with zero attached hydrogens (tertiary/aromatic N) is 4. The molecule has 0 aliphatic heterocycles. The maximum absolute atomic E-state index is 15.2. The van der Waals surface area contributed by atoms with Gasteiger partial charge in [0.05, 0.1) is 23.1 Å². The van der Waals surface area contributed by atoms with Crippen LogP contribution in [0.2, 0.25) is 0 Å². The summed E-state index contributed by atoms with van der Waals surface area (Å²) in [6, 6.07) is 12.8. The molecular formula is C29H23F2N7O. The zero-order valence-electron chi connectivity index (χ0n) is 21.3. The van der Waals surface area contributed by atoms with Crippen LogP contribution < -0.4 is 5.32 Å². The van der Waals surface area contributed by atoms with Crippen LogP contribution in [-0.4, -0.2) is 36.0 Å². The molecule has 1 amide bonds. The third kappa shape index (κ3) is 4.50. The number of aromatic amines is 2. The van der Waals surface area contributed by atoms with Crippen LogP contribution >= 0.6 is 0 Å². The molecule has 2 aromatic carbocycles. The highest BCUT2D eigenvalue weighted by Gasteiger charge is 2.22. The minimum Gasteiger partial charge on any atom is -0.337 e. The zero-order chi connectivity index (χ0) is 27.3. The number of carbonyl (C=O) groups is 1. The predicted octanol–water partition coefficient (Wildman–Crippen LogP) is 6.49. The molecule has 3 N–H and O–H groups in total. The van der Waals surface area contributed by atoms with Crippen molar-refractivity contribution in [2.75, 3.05) is 5.32 Å². The largest absolute Gasteiger partial charge is 0.337 e. The molecular weight excluding hydrogens is 500 g/mol. The van der Waals surface area contributed by atoms with Gasteiger partial charge in [0, 0.05) is 34.3 Å². The van der Waals surface area contributed by atoms with E-state index in [2.05, 4.69) is 30.5 Å². The predicted molar refractivity (Wildman–Crippen MR) is 146 cm³/mol. The number of hydrogen-bond acceptors (Lipinski definition) is 5. The van der Waals surface area contributed by atoms with Gasteiger partial charge < -0.3 is 10.3 Å². The summed E-state index contributed by atoms with van der Waals surface area (Å²) < 4.78 is 29.1. The summed E-state index contributed by atoms with van der Waals surface area (Å²) in [7, 11) is 0. The van der Waals surface area contributed by atoms with E-state index in [0.717, 1.165) is 0 Å². The van der Waals surface area contributed by atoms with Crippen LogP contribution in [0, 0.1) is 17.0 Å². The van der Waals surface area contributed by atoms with E-state index in [0.29, 0.717) is 56.0 Å². The third-order valence-corrected chi connectivity index (χ3v) is 6.36. The molecule has 0 spiro atoms. The van der Waals surface area contributed by atoms with Crippen molar-refractivity contribution in [3.8, 4) is 33.9 Å². The fourth-order valence-electron chi connectivity index (χ4n) is 4.31. The number of fused-ring (bicyclic) bond motifs is 2. The van der Waals surface area contributed by atoms with Crippen LogP contribution in [0.4, 0.5) is 14.5 Å². The molecule has 0 bridgehead atoms. The van der Waals surface area contributed by atoms with Crippen LogP contribution in [0.25, 0.3) is 55.8 Å². The fraction of sp³-hybridized carbons (Fsp3) is 0.138. The smallest absolute Gasteiger partial charge is 0.229 e. The number of pyridine rings is 2. The number of hydrogen-bond donors (Lipinski definition) is 3. The minimum atomic E-state index is -0.580. The standard InChI is InChI=1S/C29H23F2N7O/c1-29(2,3)28(39)34-19-10-17(13-32-14-19)16-11-20-24(21(31)12-16)37-38-25(20)27-35-22-7-8-33-23(26(22)36-27)15-5-4-6-18(30)9-15/h4-14H,1-3H3,(H,34,39)(H,35,36)(H,37,38). The van der Waals surface area contributed by atoms with Crippen molar-refractivity contribution in [3.63, 3.8) is 0 Å². The van der Waals surface area contributed by atoms with Gasteiger partial charge in [0.2, 0.25) is 5.91 Å². The van der Waals surface area contributed by atoms with E-state index < -0.39 is 11.2 Å². The van der Waals surface area contributed by atoms with E-state index >= 15 is 4.39 Å². The molecule has 0 saturated carbocycles. The Morgan fingerprint density at radius 3 is 2.59 bits per heavy atom. The van der Waals surface area contributed by atoms with Crippen molar-refractivity contribution >= 4 is 33.5 Å².